The molecule has 1 saturated heterocycles. The molecule has 1 amide bonds. The molecule has 0 unspecified atom stereocenters. The van der Waals surface area contributed by atoms with E-state index in [0.717, 1.165) is 18.6 Å². The van der Waals surface area contributed by atoms with Gasteiger partial charge >= 0.3 is 6.09 Å². The minimum absolute atomic E-state index is 0.111. The Hall–Kier alpha value is -2.26. The maximum Gasteiger partial charge on any atom is 0.422 e. The van der Waals surface area contributed by atoms with Crippen molar-refractivity contribution in [1.82, 2.24) is 10.4 Å². The first-order valence-electron chi connectivity index (χ1n) is 7.77. The number of hydrogen-bond acceptors (Lipinski definition) is 5. The van der Waals surface area contributed by atoms with Crippen molar-refractivity contribution in [2.75, 3.05) is 13.1 Å². The average Bonchev–Trinajstić information content (AvgIpc) is 2.48. The van der Waals surface area contributed by atoms with Crippen LogP contribution in [0.15, 0.2) is 24.3 Å². The van der Waals surface area contributed by atoms with Crippen LogP contribution in [-0.2, 0) is 4.74 Å². The second kappa shape index (κ2) is 7.34. The van der Waals surface area contributed by atoms with Gasteiger partial charge in [0.25, 0.3) is 0 Å². The van der Waals surface area contributed by atoms with Gasteiger partial charge in [-0.15, -0.1) is 0 Å². The lowest BCUT2D eigenvalue weighted by molar-refractivity contribution is 0.0192. The highest BCUT2D eigenvalue weighted by Crippen LogP contribution is 2.19. The maximum atomic E-state index is 11.7. The van der Waals surface area contributed by atoms with Crippen LogP contribution in [0.3, 0.4) is 0 Å². The third-order valence-electron chi connectivity index (χ3n) is 3.38. The number of amides is 1. The van der Waals surface area contributed by atoms with Gasteiger partial charge in [0.15, 0.2) is 0 Å². The Bertz CT molecular complexity index is 564. The molecule has 124 valence electrons. The number of nitriles is 1. The summed E-state index contributed by atoms with van der Waals surface area (Å²) in [5.74, 6) is 0.766. The van der Waals surface area contributed by atoms with Gasteiger partial charge in [-0.25, -0.2) is 9.80 Å². The SMILES string of the molecule is CC(C)(C)OC(=O)NN1CCC(Oc2ccc(C#N)cc2)CC1. The van der Waals surface area contributed by atoms with Crippen molar-refractivity contribution in [2.24, 2.45) is 0 Å². The van der Waals surface area contributed by atoms with Crippen molar-refractivity contribution in [2.45, 2.75) is 45.3 Å². The Kier molecular flexibility index (Phi) is 5.45. The minimum Gasteiger partial charge on any atom is -0.490 e. The molecule has 1 fully saturated rings. The molecule has 23 heavy (non-hydrogen) atoms. The molecule has 1 aromatic rings. The molecule has 0 radical (unpaired) electrons. The van der Waals surface area contributed by atoms with Crippen LogP contribution < -0.4 is 10.2 Å². The highest BCUT2D eigenvalue weighted by molar-refractivity contribution is 5.67. The summed E-state index contributed by atoms with van der Waals surface area (Å²) in [6, 6.07) is 9.19. The van der Waals surface area contributed by atoms with Crippen LogP contribution >= 0.6 is 0 Å². The molecule has 6 heteroatoms. The van der Waals surface area contributed by atoms with Gasteiger partial charge in [0, 0.05) is 13.1 Å². The highest BCUT2D eigenvalue weighted by atomic mass is 16.6. The fraction of sp³-hybridized carbons (Fsp3) is 0.529. The van der Waals surface area contributed by atoms with Gasteiger partial charge in [0.05, 0.1) is 11.6 Å². The second-order valence-corrected chi connectivity index (χ2v) is 6.55. The van der Waals surface area contributed by atoms with Gasteiger partial charge in [0.1, 0.15) is 17.5 Å². The van der Waals surface area contributed by atoms with Gasteiger partial charge in [0.2, 0.25) is 0 Å². The van der Waals surface area contributed by atoms with E-state index in [4.69, 9.17) is 14.7 Å². The van der Waals surface area contributed by atoms with Crippen LogP contribution in [0.25, 0.3) is 0 Å². The lowest BCUT2D eigenvalue weighted by atomic mass is 10.1. The van der Waals surface area contributed by atoms with Crippen molar-refractivity contribution >= 4 is 6.09 Å². The number of rotatable bonds is 3. The van der Waals surface area contributed by atoms with E-state index in [-0.39, 0.29) is 6.10 Å². The molecule has 0 spiro atoms. The van der Waals surface area contributed by atoms with E-state index in [1.807, 2.05) is 37.9 Å². The number of piperidine rings is 1. The number of nitrogens with one attached hydrogen (secondary N) is 1. The van der Waals surface area contributed by atoms with Crippen molar-refractivity contribution < 1.29 is 14.3 Å². The Morgan fingerprint density at radius 1 is 1.26 bits per heavy atom. The first kappa shape index (κ1) is 17.1. The first-order chi connectivity index (χ1) is 10.9. The largest absolute Gasteiger partial charge is 0.490 e. The molecular formula is C17H23N3O3. The van der Waals surface area contributed by atoms with E-state index in [9.17, 15) is 4.79 Å². The van der Waals surface area contributed by atoms with E-state index in [1.165, 1.54) is 0 Å². The third kappa shape index (κ3) is 5.80. The summed E-state index contributed by atoms with van der Waals surface area (Å²) in [7, 11) is 0. The van der Waals surface area contributed by atoms with E-state index in [2.05, 4.69) is 11.5 Å². The van der Waals surface area contributed by atoms with Gasteiger partial charge in [-0.05, 0) is 57.9 Å². The summed E-state index contributed by atoms with van der Waals surface area (Å²) >= 11 is 0. The fourth-order valence-corrected chi connectivity index (χ4v) is 2.32. The maximum absolute atomic E-state index is 11.7. The molecule has 2 rings (SSSR count). The summed E-state index contributed by atoms with van der Waals surface area (Å²) in [6.45, 7) is 6.93. The Balaban J connectivity index is 1.75. The van der Waals surface area contributed by atoms with Crippen molar-refractivity contribution in [1.29, 1.82) is 5.26 Å². The fourth-order valence-electron chi connectivity index (χ4n) is 2.32. The number of benzene rings is 1. The molecule has 0 saturated carbocycles. The molecule has 0 aliphatic carbocycles. The van der Waals surface area contributed by atoms with Gasteiger partial charge in [-0.2, -0.15) is 5.26 Å². The first-order valence-corrected chi connectivity index (χ1v) is 7.77. The average molecular weight is 317 g/mol. The number of hydrazine groups is 1. The monoisotopic (exact) mass is 317 g/mol. The summed E-state index contributed by atoms with van der Waals surface area (Å²) in [5, 5.41) is 10.6. The number of carbonyl (C=O) groups excluding carboxylic acids is 1. The standard InChI is InChI=1S/C17H23N3O3/c1-17(2,3)23-16(21)19-20-10-8-15(9-11-20)22-14-6-4-13(12-18)5-7-14/h4-7,15H,8-11H2,1-3H3,(H,19,21). The predicted molar refractivity (Wildman–Crippen MR) is 85.7 cm³/mol. The molecule has 1 aliphatic rings. The van der Waals surface area contributed by atoms with Crippen molar-refractivity contribution in [3.05, 3.63) is 29.8 Å². The van der Waals surface area contributed by atoms with Crippen LogP contribution in [0.2, 0.25) is 0 Å². The Labute approximate surface area is 137 Å². The van der Waals surface area contributed by atoms with Crippen LogP contribution in [0.5, 0.6) is 5.75 Å². The van der Waals surface area contributed by atoms with Gasteiger partial charge in [-0.3, -0.25) is 5.43 Å². The number of nitrogens with zero attached hydrogens (tertiary/aromatic N) is 2. The lowest BCUT2D eigenvalue weighted by Gasteiger charge is -2.32. The minimum atomic E-state index is -0.499. The highest BCUT2D eigenvalue weighted by Gasteiger charge is 2.23. The van der Waals surface area contributed by atoms with Gasteiger partial charge < -0.3 is 9.47 Å². The summed E-state index contributed by atoms with van der Waals surface area (Å²) < 4.78 is 11.1. The lowest BCUT2D eigenvalue weighted by Crippen LogP contribution is -2.49. The zero-order chi connectivity index (χ0) is 16.9. The predicted octanol–water partition coefficient (Wildman–Crippen LogP) is 2.84. The molecule has 0 atom stereocenters. The molecule has 1 N–H and O–H groups in total. The summed E-state index contributed by atoms with van der Waals surface area (Å²) in [5.41, 5.74) is 2.88. The molecule has 0 bridgehead atoms. The second-order valence-electron chi connectivity index (χ2n) is 6.55. The number of ether oxygens (including phenoxy) is 2. The van der Waals surface area contributed by atoms with Crippen molar-refractivity contribution in [3.8, 4) is 11.8 Å². The van der Waals surface area contributed by atoms with Crippen LogP contribution in [-0.4, -0.2) is 35.9 Å². The molecule has 1 heterocycles. The quantitative estimate of drug-likeness (QED) is 0.928. The smallest absolute Gasteiger partial charge is 0.422 e. The number of hydrogen-bond donors (Lipinski definition) is 1. The van der Waals surface area contributed by atoms with Crippen LogP contribution in [0.4, 0.5) is 4.79 Å². The molecule has 1 aromatic carbocycles. The zero-order valence-electron chi connectivity index (χ0n) is 13.8. The van der Waals surface area contributed by atoms with E-state index < -0.39 is 11.7 Å². The van der Waals surface area contributed by atoms with E-state index >= 15 is 0 Å². The van der Waals surface area contributed by atoms with Crippen LogP contribution in [0.1, 0.15) is 39.2 Å². The molecular weight excluding hydrogens is 294 g/mol. The van der Waals surface area contributed by atoms with Gasteiger partial charge in [-0.1, -0.05) is 0 Å². The normalized spacial score (nSPS) is 16.4. The van der Waals surface area contributed by atoms with E-state index in [1.54, 1.807) is 12.1 Å². The Morgan fingerprint density at radius 2 is 1.87 bits per heavy atom. The van der Waals surface area contributed by atoms with Crippen molar-refractivity contribution in [3.63, 3.8) is 0 Å². The molecule has 1 aliphatic heterocycles. The Morgan fingerprint density at radius 3 is 2.39 bits per heavy atom. The summed E-state index contributed by atoms with van der Waals surface area (Å²) in [6.07, 6.45) is 1.31. The zero-order valence-corrected chi connectivity index (χ0v) is 13.8. The topological polar surface area (TPSA) is 74.6 Å². The van der Waals surface area contributed by atoms with E-state index in [0.29, 0.717) is 18.7 Å². The summed E-state index contributed by atoms with van der Waals surface area (Å²) in [4.78, 5) is 11.7. The molecule has 0 aromatic heterocycles. The number of carbonyl (C=O) groups is 1. The third-order valence-corrected chi connectivity index (χ3v) is 3.38. The molecule has 6 nitrogen and oxygen atoms in total. The van der Waals surface area contributed by atoms with Crippen LogP contribution in [0, 0.1) is 11.3 Å².